The molecule has 1 aliphatic rings. The van der Waals surface area contributed by atoms with Crippen LogP contribution in [0.4, 0.5) is 8.78 Å². The highest BCUT2D eigenvalue weighted by molar-refractivity contribution is 7.89. The molecule has 0 saturated carbocycles. The Morgan fingerprint density at radius 3 is 2.37 bits per heavy atom. The van der Waals surface area contributed by atoms with Gasteiger partial charge in [-0.1, -0.05) is 12.1 Å². The fourth-order valence-corrected chi connectivity index (χ4v) is 8.14. The van der Waals surface area contributed by atoms with Crippen molar-refractivity contribution in [2.75, 3.05) is 32.8 Å². The summed E-state index contributed by atoms with van der Waals surface area (Å²) in [7, 11) is -3.91. The minimum Gasteiger partial charge on any atom is -0.508 e. The number of para-hydroxylation sites is 1. The molecule has 4 aromatic carbocycles. The van der Waals surface area contributed by atoms with Crippen LogP contribution in [0.25, 0.3) is 27.5 Å². The number of nitrogens with one attached hydrogen (secondary N) is 1. The summed E-state index contributed by atoms with van der Waals surface area (Å²) < 4.78 is 63.9. The van der Waals surface area contributed by atoms with Crippen LogP contribution in [0.5, 0.6) is 5.75 Å². The standard InChI is InChI=1S/C38H34F2N6O7S/c39-25-15-23(16-26(40)19-25)17-34(45(22-35(41)48)36(49)18-24-21-42-32-10-7-28(47)20-31(24)32)37-43-33-4-2-1-3-30(33)38(50)46(37)27-5-8-29(9-6-27)54(51,52)44-11-13-53-14-12-44/h1-10,15-16,19-21,34,42,47H,11-14,17-18,22H2,(H2,41,48)/t34-/m0/s1. The number of halogens is 2. The molecule has 278 valence electrons. The van der Waals surface area contributed by atoms with E-state index in [1.807, 2.05) is 0 Å². The zero-order chi connectivity index (χ0) is 38.1. The molecule has 0 unspecified atom stereocenters. The number of hydrogen-bond donors (Lipinski definition) is 3. The van der Waals surface area contributed by atoms with Gasteiger partial charge >= 0.3 is 0 Å². The number of benzene rings is 4. The number of nitrogens with zero attached hydrogens (tertiary/aromatic N) is 4. The zero-order valence-electron chi connectivity index (χ0n) is 28.6. The van der Waals surface area contributed by atoms with E-state index in [9.17, 15) is 36.7 Å². The van der Waals surface area contributed by atoms with Crippen LogP contribution in [0.3, 0.4) is 0 Å². The number of nitrogens with two attached hydrogens (primary N) is 1. The third kappa shape index (κ3) is 7.31. The average Bonchev–Trinajstić information content (AvgIpc) is 3.54. The second kappa shape index (κ2) is 14.8. The first-order valence-corrected chi connectivity index (χ1v) is 18.3. The molecule has 16 heteroatoms. The molecule has 6 aromatic rings. The van der Waals surface area contributed by atoms with Gasteiger partial charge in [0.15, 0.2) is 0 Å². The third-order valence-electron chi connectivity index (χ3n) is 9.27. The number of ether oxygens (including phenoxy) is 1. The number of morpholine rings is 1. The van der Waals surface area contributed by atoms with Crippen LogP contribution >= 0.6 is 0 Å². The fourth-order valence-electron chi connectivity index (χ4n) is 6.74. The number of H-pyrrole nitrogens is 1. The number of hydrogen-bond acceptors (Lipinski definition) is 8. The molecule has 1 aliphatic heterocycles. The number of phenols is 1. The number of carbonyl (C=O) groups excluding carboxylic acids is 2. The molecular formula is C38H34F2N6O7S. The van der Waals surface area contributed by atoms with Crippen molar-refractivity contribution in [3.05, 3.63) is 130 Å². The van der Waals surface area contributed by atoms with Crippen molar-refractivity contribution >= 4 is 43.6 Å². The summed E-state index contributed by atoms with van der Waals surface area (Å²) in [4.78, 5) is 50.5. The number of primary amides is 1. The molecule has 0 spiro atoms. The molecule has 54 heavy (non-hydrogen) atoms. The Labute approximate surface area is 307 Å². The molecule has 0 aliphatic carbocycles. The number of sulfonamides is 1. The van der Waals surface area contributed by atoms with E-state index in [1.54, 1.807) is 36.5 Å². The first kappa shape index (κ1) is 36.4. The van der Waals surface area contributed by atoms with Crippen molar-refractivity contribution in [1.82, 2.24) is 23.7 Å². The lowest BCUT2D eigenvalue weighted by molar-refractivity contribution is -0.137. The van der Waals surface area contributed by atoms with E-state index in [2.05, 4.69) is 4.98 Å². The summed E-state index contributed by atoms with van der Waals surface area (Å²) in [5.74, 6) is -3.47. The van der Waals surface area contributed by atoms with Gasteiger partial charge in [0.25, 0.3) is 5.56 Å². The van der Waals surface area contributed by atoms with Crippen LogP contribution in [0, 0.1) is 11.6 Å². The highest BCUT2D eigenvalue weighted by Crippen LogP contribution is 2.30. The lowest BCUT2D eigenvalue weighted by atomic mass is 10.0. The van der Waals surface area contributed by atoms with E-state index in [0.717, 1.165) is 17.0 Å². The summed E-state index contributed by atoms with van der Waals surface area (Å²) in [5, 5.41) is 10.9. The normalized spacial score (nSPS) is 14.3. The third-order valence-corrected chi connectivity index (χ3v) is 11.2. The maximum absolute atomic E-state index is 14.6. The highest BCUT2D eigenvalue weighted by atomic mass is 32.2. The van der Waals surface area contributed by atoms with Crippen LogP contribution in [-0.2, 0) is 37.2 Å². The molecule has 1 saturated heterocycles. The molecule has 1 fully saturated rings. The molecule has 3 heterocycles. The lowest BCUT2D eigenvalue weighted by Gasteiger charge is -2.32. The predicted molar refractivity (Wildman–Crippen MR) is 194 cm³/mol. The zero-order valence-corrected chi connectivity index (χ0v) is 29.4. The van der Waals surface area contributed by atoms with Crippen molar-refractivity contribution in [2.24, 2.45) is 5.73 Å². The molecule has 0 radical (unpaired) electrons. The summed E-state index contributed by atoms with van der Waals surface area (Å²) in [6, 6.07) is 18.1. The first-order chi connectivity index (χ1) is 25.9. The summed E-state index contributed by atoms with van der Waals surface area (Å²) in [5.41, 5.74) is 6.71. The molecular weight excluding hydrogens is 723 g/mol. The Kier molecular flexibility index (Phi) is 9.98. The Balaban J connectivity index is 1.40. The predicted octanol–water partition coefficient (Wildman–Crippen LogP) is 3.71. The van der Waals surface area contributed by atoms with Crippen molar-refractivity contribution < 1.29 is 36.6 Å². The van der Waals surface area contributed by atoms with Gasteiger partial charge < -0.3 is 25.5 Å². The molecule has 13 nitrogen and oxygen atoms in total. The Bertz CT molecular complexity index is 2550. The van der Waals surface area contributed by atoms with E-state index in [0.29, 0.717) is 22.5 Å². The van der Waals surface area contributed by atoms with Gasteiger partial charge in [0.05, 0.1) is 47.2 Å². The van der Waals surface area contributed by atoms with Gasteiger partial charge in [0.1, 0.15) is 29.8 Å². The minimum absolute atomic E-state index is 0.0291. The number of carbonyl (C=O) groups is 2. The maximum atomic E-state index is 14.6. The molecule has 0 bridgehead atoms. The van der Waals surface area contributed by atoms with Gasteiger partial charge in [-0.25, -0.2) is 22.2 Å². The van der Waals surface area contributed by atoms with Gasteiger partial charge in [-0.05, 0) is 77.9 Å². The van der Waals surface area contributed by atoms with Crippen LogP contribution in [-0.4, -0.2) is 81.9 Å². The first-order valence-electron chi connectivity index (χ1n) is 16.9. The molecule has 2 aromatic heterocycles. The fraction of sp³-hybridized carbons (Fsp3) is 0.211. The summed E-state index contributed by atoms with van der Waals surface area (Å²) >= 11 is 0. The number of fused-ring (bicyclic) bond motifs is 2. The van der Waals surface area contributed by atoms with Crippen molar-refractivity contribution in [3.63, 3.8) is 0 Å². The smallest absolute Gasteiger partial charge is 0.266 e. The number of rotatable bonds is 11. The van der Waals surface area contributed by atoms with Gasteiger partial charge in [-0.3, -0.25) is 19.0 Å². The van der Waals surface area contributed by atoms with Crippen molar-refractivity contribution in [2.45, 2.75) is 23.8 Å². The quantitative estimate of drug-likeness (QED) is 0.179. The SMILES string of the molecule is NC(=O)CN(C(=O)Cc1c[nH]c2ccc(O)cc12)[C@@H](Cc1cc(F)cc(F)c1)c1nc2ccccc2c(=O)n1-c1ccc(S(=O)(=O)N2CCOCC2)cc1. The second-order valence-electron chi connectivity index (χ2n) is 12.8. The van der Waals surface area contributed by atoms with Crippen LogP contribution in [0.1, 0.15) is 23.0 Å². The number of aromatic hydroxyl groups is 1. The monoisotopic (exact) mass is 756 g/mol. The van der Waals surface area contributed by atoms with Crippen molar-refractivity contribution in [1.29, 1.82) is 0 Å². The maximum Gasteiger partial charge on any atom is 0.266 e. The largest absolute Gasteiger partial charge is 0.508 e. The van der Waals surface area contributed by atoms with Gasteiger partial charge in [-0.2, -0.15) is 4.31 Å². The van der Waals surface area contributed by atoms with Gasteiger partial charge in [-0.15, -0.1) is 0 Å². The van der Waals surface area contributed by atoms with Crippen molar-refractivity contribution in [3.8, 4) is 11.4 Å². The van der Waals surface area contributed by atoms with E-state index in [1.165, 1.54) is 45.3 Å². The topological polar surface area (TPSA) is 181 Å². The highest BCUT2D eigenvalue weighted by Gasteiger charge is 2.33. The summed E-state index contributed by atoms with van der Waals surface area (Å²) in [6.45, 7) is 0.175. The van der Waals surface area contributed by atoms with E-state index >= 15 is 0 Å². The Morgan fingerprint density at radius 1 is 0.963 bits per heavy atom. The van der Waals surface area contributed by atoms with Gasteiger partial charge in [0, 0.05) is 42.7 Å². The van der Waals surface area contributed by atoms with Crippen LogP contribution < -0.4 is 11.3 Å². The average molecular weight is 757 g/mol. The van der Waals surface area contributed by atoms with E-state index in [4.69, 9.17) is 15.5 Å². The van der Waals surface area contributed by atoms with Gasteiger partial charge in [0.2, 0.25) is 21.8 Å². The summed E-state index contributed by atoms with van der Waals surface area (Å²) in [6.07, 6.45) is 0.950. The van der Waals surface area contributed by atoms with E-state index < -0.39 is 51.6 Å². The van der Waals surface area contributed by atoms with Crippen LogP contribution in [0.15, 0.2) is 101 Å². The molecule has 4 N–H and O–H groups in total. The number of amides is 2. The second-order valence-corrected chi connectivity index (χ2v) is 14.8. The Hall–Kier alpha value is -5.97. The molecule has 7 rings (SSSR count). The Morgan fingerprint density at radius 2 is 1.67 bits per heavy atom. The minimum atomic E-state index is -3.91. The molecule has 2 amide bonds. The van der Waals surface area contributed by atoms with Crippen LogP contribution in [0.2, 0.25) is 0 Å². The van der Waals surface area contributed by atoms with E-state index in [-0.39, 0.29) is 77.8 Å². The number of aromatic amines is 1. The molecule has 1 atom stereocenters. The lowest BCUT2D eigenvalue weighted by Crippen LogP contribution is -2.44. The number of aromatic nitrogens is 3. The number of phenolic OH excluding ortho intramolecular Hbond substituents is 1.